The minimum atomic E-state index is -0.452. The van der Waals surface area contributed by atoms with E-state index in [0.29, 0.717) is 11.4 Å². The van der Waals surface area contributed by atoms with Crippen molar-refractivity contribution >= 4 is 23.3 Å². The first-order valence-electron chi connectivity index (χ1n) is 5.31. The number of nitrogens with one attached hydrogen (secondary N) is 1. The molecule has 0 aliphatic carbocycles. The number of carbonyl (C=O) groups excluding carboxylic acids is 1. The number of hydrogen-bond donors (Lipinski definition) is 2. The van der Waals surface area contributed by atoms with Crippen LogP contribution in [-0.4, -0.2) is 22.6 Å². The maximum atomic E-state index is 11.8. The van der Waals surface area contributed by atoms with Gasteiger partial charge in [0, 0.05) is 11.8 Å². The average molecular weight is 277 g/mol. The molecule has 96 valence electrons. The first-order valence-corrected chi connectivity index (χ1v) is 5.69. The Kier molecular flexibility index (Phi) is 4.18. The second kappa shape index (κ2) is 6.05. The zero-order valence-corrected chi connectivity index (χ0v) is 10.4. The second-order valence-corrected chi connectivity index (χ2v) is 3.82. The molecule has 0 aliphatic rings. The molecule has 2 rings (SSSR count). The zero-order chi connectivity index (χ0) is 13.7. The van der Waals surface area contributed by atoms with E-state index in [9.17, 15) is 4.79 Å². The van der Waals surface area contributed by atoms with Crippen molar-refractivity contribution in [3.63, 3.8) is 0 Å². The summed E-state index contributed by atoms with van der Waals surface area (Å²) >= 11 is 5.59. The molecule has 6 heteroatoms. The highest BCUT2D eigenvalue weighted by atomic mass is 35.5. The van der Waals surface area contributed by atoms with E-state index in [1.807, 2.05) is 0 Å². The van der Waals surface area contributed by atoms with Crippen molar-refractivity contribution in [2.45, 2.75) is 0 Å². The Morgan fingerprint density at radius 3 is 3.00 bits per heavy atom. The fourth-order valence-corrected chi connectivity index (χ4v) is 1.48. The molecule has 2 aromatic heterocycles. The predicted octanol–water partition coefficient (Wildman–Crippen LogP) is 1.92. The van der Waals surface area contributed by atoms with Crippen molar-refractivity contribution < 1.29 is 14.3 Å². The topological polar surface area (TPSA) is 75.4 Å². The van der Waals surface area contributed by atoms with Crippen LogP contribution in [0, 0.1) is 11.8 Å². The molecule has 2 N–H and O–H groups in total. The molecule has 2 heterocycles. The van der Waals surface area contributed by atoms with Crippen LogP contribution in [0.25, 0.3) is 0 Å². The Balaban J connectivity index is 2.13. The first-order chi connectivity index (χ1) is 9.19. The van der Waals surface area contributed by atoms with Gasteiger partial charge in [-0.1, -0.05) is 11.8 Å². The molecule has 0 unspecified atom stereocenters. The van der Waals surface area contributed by atoms with Crippen molar-refractivity contribution in [1.29, 1.82) is 0 Å². The number of hydrogen-bond acceptors (Lipinski definition) is 4. The van der Waals surface area contributed by atoms with E-state index in [2.05, 4.69) is 22.1 Å². The molecule has 0 radical (unpaired) electrons. The van der Waals surface area contributed by atoms with Crippen molar-refractivity contribution in [2.24, 2.45) is 0 Å². The van der Waals surface area contributed by atoms with Crippen molar-refractivity contribution in [3.8, 4) is 11.8 Å². The molecular formula is C13H9ClN2O3. The van der Waals surface area contributed by atoms with Crippen LogP contribution in [0.5, 0.6) is 0 Å². The summed E-state index contributed by atoms with van der Waals surface area (Å²) in [6.07, 6.45) is 1.51. The van der Waals surface area contributed by atoms with Crippen molar-refractivity contribution in [1.82, 2.24) is 4.98 Å². The summed E-state index contributed by atoms with van der Waals surface area (Å²) in [4.78, 5) is 15.8. The van der Waals surface area contributed by atoms with Crippen LogP contribution in [-0.2, 0) is 0 Å². The molecule has 2 aromatic rings. The Morgan fingerprint density at radius 1 is 1.47 bits per heavy atom. The predicted molar refractivity (Wildman–Crippen MR) is 69.9 cm³/mol. The Labute approximate surface area is 114 Å². The molecule has 0 bridgehead atoms. The Bertz CT molecular complexity index is 655. The summed E-state index contributed by atoms with van der Waals surface area (Å²) in [7, 11) is 0. The maximum absolute atomic E-state index is 11.8. The number of carbonyl (C=O) groups is 1. The van der Waals surface area contributed by atoms with Crippen LogP contribution in [0.3, 0.4) is 0 Å². The molecule has 0 spiro atoms. The molecule has 0 saturated carbocycles. The highest BCUT2D eigenvalue weighted by Gasteiger charge is 2.11. The third kappa shape index (κ3) is 3.58. The lowest BCUT2D eigenvalue weighted by molar-refractivity contribution is 0.0996. The van der Waals surface area contributed by atoms with Crippen molar-refractivity contribution in [2.75, 3.05) is 11.9 Å². The minimum absolute atomic E-state index is 0.0960. The Hall–Kier alpha value is -2.29. The number of rotatable bonds is 2. The van der Waals surface area contributed by atoms with E-state index in [1.165, 1.54) is 18.3 Å². The van der Waals surface area contributed by atoms with Gasteiger partial charge in [-0.25, -0.2) is 4.98 Å². The van der Waals surface area contributed by atoms with Gasteiger partial charge < -0.3 is 14.8 Å². The van der Waals surface area contributed by atoms with Gasteiger partial charge in [0.1, 0.15) is 12.4 Å². The van der Waals surface area contributed by atoms with Crippen LogP contribution in [0.2, 0.25) is 5.22 Å². The second-order valence-electron chi connectivity index (χ2n) is 3.45. The molecular weight excluding hydrogens is 268 g/mol. The number of anilines is 1. The van der Waals surface area contributed by atoms with Gasteiger partial charge in [-0.15, -0.1) is 0 Å². The lowest BCUT2D eigenvalue weighted by Gasteiger charge is -2.02. The quantitative estimate of drug-likeness (QED) is 0.822. The molecule has 0 aromatic carbocycles. The van der Waals surface area contributed by atoms with E-state index >= 15 is 0 Å². The molecule has 19 heavy (non-hydrogen) atoms. The van der Waals surface area contributed by atoms with E-state index in [-0.39, 0.29) is 17.6 Å². The van der Waals surface area contributed by atoms with Gasteiger partial charge in [0.2, 0.25) is 0 Å². The van der Waals surface area contributed by atoms with Gasteiger partial charge in [-0.05, 0) is 35.9 Å². The number of aliphatic hydroxyl groups is 1. The third-order valence-electron chi connectivity index (χ3n) is 2.11. The average Bonchev–Trinajstić information content (AvgIpc) is 2.83. The SMILES string of the molecule is O=C(Nc1cc(C#CCO)ccn1)c1ccc(Cl)o1. The summed E-state index contributed by atoms with van der Waals surface area (Å²) in [5, 5.41) is 11.3. The van der Waals surface area contributed by atoms with Gasteiger partial charge in [0.15, 0.2) is 11.0 Å². The minimum Gasteiger partial charge on any atom is -0.440 e. The fraction of sp³-hybridized carbons (Fsp3) is 0.0769. The number of halogens is 1. The summed E-state index contributed by atoms with van der Waals surface area (Å²) in [5.74, 6) is 5.20. The number of pyridine rings is 1. The van der Waals surface area contributed by atoms with E-state index in [1.54, 1.807) is 12.1 Å². The van der Waals surface area contributed by atoms with Gasteiger partial charge >= 0.3 is 0 Å². The molecule has 1 amide bonds. The zero-order valence-electron chi connectivity index (χ0n) is 9.68. The van der Waals surface area contributed by atoms with E-state index in [4.69, 9.17) is 21.1 Å². The number of aliphatic hydroxyl groups excluding tert-OH is 1. The van der Waals surface area contributed by atoms with Crippen LogP contribution in [0.1, 0.15) is 16.1 Å². The lowest BCUT2D eigenvalue weighted by Crippen LogP contribution is -2.12. The molecule has 0 saturated heterocycles. The summed E-state index contributed by atoms with van der Waals surface area (Å²) in [5.41, 5.74) is 0.636. The Morgan fingerprint density at radius 2 is 2.32 bits per heavy atom. The normalized spacial score (nSPS) is 9.58. The van der Waals surface area contributed by atoms with Gasteiger partial charge in [0.25, 0.3) is 5.91 Å². The number of aromatic nitrogens is 1. The van der Waals surface area contributed by atoms with Crippen LogP contribution >= 0.6 is 11.6 Å². The number of furan rings is 1. The highest BCUT2D eigenvalue weighted by Crippen LogP contribution is 2.14. The largest absolute Gasteiger partial charge is 0.440 e. The van der Waals surface area contributed by atoms with Crippen LogP contribution in [0.4, 0.5) is 5.82 Å². The maximum Gasteiger partial charge on any atom is 0.292 e. The summed E-state index contributed by atoms with van der Waals surface area (Å²) in [6, 6.07) is 6.20. The summed E-state index contributed by atoms with van der Waals surface area (Å²) in [6.45, 7) is -0.227. The molecule has 5 nitrogen and oxygen atoms in total. The third-order valence-corrected chi connectivity index (χ3v) is 2.31. The lowest BCUT2D eigenvalue weighted by atomic mass is 10.2. The standard InChI is InChI=1S/C13H9ClN2O3/c14-11-4-3-10(19-11)13(18)16-12-8-9(2-1-7-17)5-6-15-12/h3-6,8,17H,7H2,(H,15,16,18). The molecule has 0 atom stereocenters. The van der Waals surface area contributed by atoms with E-state index in [0.717, 1.165) is 0 Å². The number of nitrogens with zero attached hydrogens (tertiary/aromatic N) is 1. The first kappa shape index (κ1) is 13.1. The number of amides is 1. The van der Waals surface area contributed by atoms with Gasteiger partial charge in [-0.3, -0.25) is 4.79 Å². The molecule has 0 fully saturated rings. The smallest absolute Gasteiger partial charge is 0.292 e. The fourth-order valence-electron chi connectivity index (χ4n) is 1.33. The van der Waals surface area contributed by atoms with Crippen LogP contribution in [0.15, 0.2) is 34.9 Å². The van der Waals surface area contributed by atoms with Gasteiger partial charge in [-0.2, -0.15) is 0 Å². The highest BCUT2D eigenvalue weighted by molar-refractivity contribution is 6.29. The summed E-state index contributed by atoms with van der Waals surface area (Å²) < 4.78 is 4.98. The molecule has 0 aliphatic heterocycles. The van der Waals surface area contributed by atoms with Crippen LogP contribution < -0.4 is 5.32 Å². The monoisotopic (exact) mass is 276 g/mol. The van der Waals surface area contributed by atoms with E-state index < -0.39 is 5.91 Å². The van der Waals surface area contributed by atoms with Crippen molar-refractivity contribution in [3.05, 3.63) is 47.0 Å². The van der Waals surface area contributed by atoms with Gasteiger partial charge in [0.05, 0.1) is 0 Å².